The average molecular weight is 317 g/mol. The fourth-order valence-corrected chi connectivity index (χ4v) is 2.64. The van der Waals surface area contributed by atoms with Crippen molar-refractivity contribution in [3.8, 4) is 0 Å². The predicted octanol–water partition coefficient (Wildman–Crippen LogP) is 1.07. The summed E-state index contributed by atoms with van der Waals surface area (Å²) in [6.07, 6.45) is 3.53. The molecule has 20 heavy (non-hydrogen) atoms. The Balaban J connectivity index is 2.31. The summed E-state index contributed by atoms with van der Waals surface area (Å²) < 4.78 is 26.6. The minimum atomic E-state index is -3.19. The van der Waals surface area contributed by atoms with E-state index < -0.39 is 10.0 Å². The van der Waals surface area contributed by atoms with Crippen LogP contribution in [0.2, 0.25) is 0 Å². The number of aryl methyl sites for hydroxylation is 2. The van der Waals surface area contributed by atoms with Crippen molar-refractivity contribution in [2.45, 2.75) is 19.9 Å². The highest BCUT2D eigenvalue weighted by Crippen LogP contribution is 2.16. The van der Waals surface area contributed by atoms with Gasteiger partial charge in [0.2, 0.25) is 10.0 Å². The molecule has 6 nitrogen and oxygen atoms in total. The molecular weight excluding hydrogens is 300 g/mol. The number of sulfonamides is 1. The fourth-order valence-electron chi connectivity index (χ4n) is 2.01. The number of imidazole rings is 1. The Labute approximate surface area is 123 Å². The molecule has 2 aromatic heterocycles. The molecule has 0 radical (unpaired) electrons. The lowest BCUT2D eigenvalue weighted by Crippen LogP contribution is -2.26. The van der Waals surface area contributed by atoms with Crippen LogP contribution in [0.5, 0.6) is 0 Å². The van der Waals surface area contributed by atoms with E-state index in [0.29, 0.717) is 25.4 Å². The number of nitrogens with one attached hydrogen (secondary N) is 1. The van der Waals surface area contributed by atoms with Crippen molar-refractivity contribution in [1.82, 2.24) is 19.3 Å². The predicted molar refractivity (Wildman–Crippen MR) is 79.5 cm³/mol. The lowest BCUT2D eigenvalue weighted by Gasteiger charge is -2.08. The number of rotatable bonds is 6. The molecule has 0 aliphatic rings. The van der Waals surface area contributed by atoms with Gasteiger partial charge in [0.15, 0.2) is 5.65 Å². The molecule has 0 spiro atoms. The van der Waals surface area contributed by atoms with Crippen molar-refractivity contribution in [3.63, 3.8) is 0 Å². The zero-order valence-electron chi connectivity index (χ0n) is 11.4. The van der Waals surface area contributed by atoms with Crippen LogP contribution in [0.1, 0.15) is 11.4 Å². The molecule has 0 saturated heterocycles. The smallest absolute Gasteiger partial charge is 0.208 e. The third kappa shape index (κ3) is 3.68. The van der Waals surface area contributed by atoms with Crippen LogP contribution < -0.4 is 4.72 Å². The van der Waals surface area contributed by atoms with Crippen LogP contribution in [0.3, 0.4) is 0 Å². The maximum Gasteiger partial charge on any atom is 0.208 e. The molecule has 0 aliphatic carbocycles. The first-order valence-electron chi connectivity index (χ1n) is 6.23. The van der Waals surface area contributed by atoms with E-state index in [0.717, 1.165) is 28.8 Å². The maximum absolute atomic E-state index is 11.1. The van der Waals surface area contributed by atoms with E-state index in [9.17, 15) is 8.42 Å². The van der Waals surface area contributed by atoms with Gasteiger partial charge in [-0.3, -0.25) is 0 Å². The molecule has 0 aliphatic heterocycles. The van der Waals surface area contributed by atoms with Crippen LogP contribution in [0.15, 0.2) is 12.3 Å². The third-order valence-corrected chi connectivity index (χ3v) is 3.74. The van der Waals surface area contributed by atoms with Crippen LogP contribution in [0.25, 0.3) is 11.2 Å². The van der Waals surface area contributed by atoms with E-state index in [1.54, 1.807) is 6.20 Å². The first-order valence-corrected chi connectivity index (χ1v) is 8.65. The standard InChI is InChI=1S/C12H17ClN4O2S/c1-9-7-10-12(14-8-9)17(11(16-10)3-4-13)6-5-15-20(2,18)19/h7-8,15H,3-6H2,1-2H3. The van der Waals surface area contributed by atoms with E-state index >= 15 is 0 Å². The van der Waals surface area contributed by atoms with E-state index in [1.165, 1.54) is 0 Å². The fraction of sp³-hybridized carbons (Fsp3) is 0.500. The summed E-state index contributed by atoms with van der Waals surface area (Å²) in [5, 5.41) is 0. The van der Waals surface area contributed by atoms with Gasteiger partial charge in [0.1, 0.15) is 11.3 Å². The van der Waals surface area contributed by atoms with E-state index in [4.69, 9.17) is 11.6 Å². The molecule has 110 valence electrons. The first kappa shape index (κ1) is 15.2. The van der Waals surface area contributed by atoms with Crippen molar-refractivity contribution in [1.29, 1.82) is 0 Å². The van der Waals surface area contributed by atoms with Gasteiger partial charge in [0.05, 0.1) is 6.26 Å². The number of fused-ring (bicyclic) bond motifs is 1. The number of hydrogen-bond acceptors (Lipinski definition) is 4. The van der Waals surface area contributed by atoms with Crippen molar-refractivity contribution < 1.29 is 8.42 Å². The van der Waals surface area contributed by atoms with Gasteiger partial charge in [-0.25, -0.2) is 23.1 Å². The molecule has 8 heteroatoms. The minimum absolute atomic E-state index is 0.301. The number of halogens is 1. The van der Waals surface area contributed by atoms with E-state index in [2.05, 4.69) is 14.7 Å². The third-order valence-electron chi connectivity index (χ3n) is 2.82. The molecule has 1 N–H and O–H groups in total. The summed E-state index contributed by atoms with van der Waals surface area (Å²) in [6.45, 7) is 2.74. The second-order valence-corrected chi connectivity index (χ2v) is 6.85. The van der Waals surface area contributed by atoms with Gasteiger partial charge in [0, 0.05) is 31.6 Å². The van der Waals surface area contributed by atoms with Crippen molar-refractivity contribution in [2.75, 3.05) is 18.7 Å². The van der Waals surface area contributed by atoms with Gasteiger partial charge in [-0.05, 0) is 18.6 Å². The molecule has 0 unspecified atom stereocenters. The molecule has 0 bridgehead atoms. The molecule has 0 fully saturated rings. The van der Waals surface area contributed by atoms with Gasteiger partial charge in [-0.1, -0.05) is 0 Å². The SMILES string of the molecule is Cc1cnc2c(c1)nc(CCCl)n2CCNS(C)(=O)=O. The second kappa shape index (κ2) is 6.07. The molecule has 0 aromatic carbocycles. The zero-order chi connectivity index (χ0) is 14.8. The average Bonchev–Trinajstić information content (AvgIpc) is 2.65. The summed E-state index contributed by atoms with van der Waals surface area (Å²) in [6, 6.07) is 1.96. The highest BCUT2D eigenvalue weighted by molar-refractivity contribution is 7.88. The summed E-state index contributed by atoms with van der Waals surface area (Å²) in [4.78, 5) is 8.90. The molecule has 2 heterocycles. The molecule has 0 atom stereocenters. The van der Waals surface area contributed by atoms with Crippen LogP contribution >= 0.6 is 11.6 Å². The maximum atomic E-state index is 11.1. The van der Waals surface area contributed by atoms with Gasteiger partial charge in [-0.2, -0.15) is 0 Å². The monoisotopic (exact) mass is 316 g/mol. The van der Waals surface area contributed by atoms with Gasteiger partial charge < -0.3 is 4.57 Å². The van der Waals surface area contributed by atoms with Crippen molar-refractivity contribution >= 4 is 32.8 Å². The largest absolute Gasteiger partial charge is 0.311 e. The van der Waals surface area contributed by atoms with Crippen LogP contribution in [-0.2, 0) is 23.0 Å². The zero-order valence-corrected chi connectivity index (χ0v) is 13.0. The Hall–Kier alpha value is -1.18. The number of hydrogen-bond donors (Lipinski definition) is 1. The second-order valence-electron chi connectivity index (χ2n) is 4.64. The van der Waals surface area contributed by atoms with Crippen molar-refractivity contribution in [2.24, 2.45) is 0 Å². The highest BCUT2D eigenvalue weighted by Gasteiger charge is 2.12. The lowest BCUT2D eigenvalue weighted by molar-refractivity contribution is 0.577. The normalized spacial score (nSPS) is 12.2. The van der Waals surface area contributed by atoms with Gasteiger partial charge >= 0.3 is 0 Å². The molecular formula is C12H17ClN4O2S. The number of aromatic nitrogens is 3. The van der Waals surface area contributed by atoms with E-state index in [-0.39, 0.29) is 0 Å². The lowest BCUT2D eigenvalue weighted by atomic mass is 10.3. The molecule has 2 rings (SSSR count). The quantitative estimate of drug-likeness (QED) is 0.809. The van der Waals surface area contributed by atoms with Crippen LogP contribution in [-0.4, -0.2) is 41.6 Å². The summed E-state index contributed by atoms with van der Waals surface area (Å²) in [7, 11) is -3.19. The molecule has 0 amide bonds. The van der Waals surface area contributed by atoms with Gasteiger partial charge in [-0.15, -0.1) is 11.6 Å². The minimum Gasteiger partial charge on any atom is -0.311 e. The van der Waals surface area contributed by atoms with Crippen LogP contribution in [0, 0.1) is 6.92 Å². The van der Waals surface area contributed by atoms with Crippen LogP contribution in [0.4, 0.5) is 0 Å². The van der Waals surface area contributed by atoms with E-state index in [1.807, 2.05) is 17.6 Å². The Bertz CT molecular complexity index is 712. The molecule has 0 saturated carbocycles. The topological polar surface area (TPSA) is 76.9 Å². The number of nitrogens with zero attached hydrogens (tertiary/aromatic N) is 3. The Kier molecular flexibility index (Phi) is 4.62. The first-order chi connectivity index (χ1) is 9.40. The summed E-state index contributed by atoms with van der Waals surface area (Å²) >= 11 is 5.79. The molecule has 2 aromatic rings. The Morgan fingerprint density at radius 1 is 1.45 bits per heavy atom. The number of alkyl halides is 1. The summed E-state index contributed by atoms with van der Waals surface area (Å²) in [5.41, 5.74) is 2.60. The number of pyridine rings is 1. The summed E-state index contributed by atoms with van der Waals surface area (Å²) in [5.74, 6) is 1.28. The Morgan fingerprint density at radius 3 is 2.85 bits per heavy atom. The Morgan fingerprint density at radius 2 is 2.20 bits per heavy atom. The van der Waals surface area contributed by atoms with Gasteiger partial charge in [0.25, 0.3) is 0 Å². The van der Waals surface area contributed by atoms with Crippen molar-refractivity contribution in [3.05, 3.63) is 23.7 Å². The highest BCUT2D eigenvalue weighted by atomic mass is 35.5.